The third-order valence-electron chi connectivity index (χ3n) is 2.81. The summed E-state index contributed by atoms with van der Waals surface area (Å²) in [4.78, 5) is 24.6. The number of hydrogen-bond donors (Lipinski definition) is 3. The minimum atomic E-state index is -0.166. The van der Waals surface area contributed by atoms with Crippen LogP contribution in [0.15, 0.2) is 6.20 Å². The van der Waals surface area contributed by atoms with Crippen molar-refractivity contribution >= 4 is 22.4 Å². The van der Waals surface area contributed by atoms with Gasteiger partial charge in [-0.1, -0.05) is 11.3 Å². The predicted molar refractivity (Wildman–Crippen MR) is 80.2 cm³/mol. The Labute approximate surface area is 122 Å². The van der Waals surface area contributed by atoms with Gasteiger partial charge in [0.05, 0.1) is 11.7 Å². The minimum Gasteiger partial charge on any atom is -0.362 e. The molecule has 1 atom stereocenters. The summed E-state index contributed by atoms with van der Waals surface area (Å²) in [5.74, 6) is 0.635. The fourth-order valence-electron chi connectivity index (χ4n) is 1.82. The number of hydrogen-bond acceptors (Lipinski definition) is 5. The number of nitrogens with one attached hydrogen (secondary N) is 3. The molecular weight excluding hydrogens is 274 g/mol. The maximum Gasteiger partial charge on any atom is 0.263 e. The van der Waals surface area contributed by atoms with E-state index in [0.717, 1.165) is 28.9 Å². The Balaban J connectivity index is 2.08. The Bertz CT molecular complexity index is 604. The van der Waals surface area contributed by atoms with Crippen molar-refractivity contribution in [1.29, 1.82) is 0 Å². The third-order valence-corrected chi connectivity index (χ3v) is 3.93. The number of carbonyl (C=O) groups excluding carboxylic acids is 1. The van der Waals surface area contributed by atoms with Crippen LogP contribution in [0.5, 0.6) is 0 Å². The highest BCUT2D eigenvalue weighted by Gasteiger charge is 2.18. The van der Waals surface area contributed by atoms with Crippen molar-refractivity contribution in [2.75, 3.05) is 11.9 Å². The van der Waals surface area contributed by atoms with Crippen LogP contribution in [0.4, 0.5) is 5.13 Å². The van der Waals surface area contributed by atoms with Crippen LogP contribution in [-0.2, 0) is 0 Å². The molecule has 2 aromatic heterocycles. The maximum absolute atomic E-state index is 12.3. The molecule has 3 N–H and O–H groups in total. The second kappa shape index (κ2) is 6.04. The lowest BCUT2D eigenvalue weighted by atomic mass is 10.3. The highest BCUT2D eigenvalue weighted by atomic mass is 32.1. The first-order chi connectivity index (χ1) is 9.51. The SMILES string of the molecule is CCNc1nc(C)c(C(=O)N[C@H](C)c2ncc(C)[nH]2)s1. The summed E-state index contributed by atoms with van der Waals surface area (Å²) in [6.07, 6.45) is 1.75. The molecule has 0 unspecified atom stereocenters. The van der Waals surface area contributed by atoms with Crippen molar-refractivity contribution in [1.82, 2.24) is 20.3 Å². The minimum absolute atomic E-state index is 0.120. The Morgan fingerprint density at radius 1 is 1.50 bits per heavy atom. The summed E-state index contributed by atoms with van der Waals surface area (Å²) < 4.78 is 0. The largest absolute Gasteiger partial charge is 0.362 e. The van der Waals surface area contributed by atoms with Crippen LogP contribution in [0.3, 0.4) is 0 Å². The quantitative estimate of drug-likeness (QED) is 0.790. The first-order valence-electron chi connectivity index (χ1n) is 6.55. The Kier molecular flexibility index (Phi) is 4.39. The normalized spacial score (nSPS) is 12.2. The number of rotatable bonds is 5. The molecule has 7 heteroatoms. The van der Waals surface area contributed by atoms with E-state index in [-0.39, 0.29) is 11.9 Å². The molecule has 0 aliphatic carbocycles. The van der Waals surface area contributed by atoms with Gasteiger partial charge in [-0.05, 0) is 27.7 Å². The molecule has 2 rings (SSSR count). The zero-order valence-electron chi connectivity index (χ0n) is 12.1. The van der Waals surface area contributed by atoms with Gasteiger partial charge in [-0.25, -0.2) is 9.97 Å². The predicted octanol–water partition coefficient (Wildman–Crippen LogP) is 2.41. The van der Waals surface area contributed by atoms with E-state index in [9.17, 15) is 4.79 Å². The number of imidazole rings is 1. The number of thiazole rings is 1. The molecule has 0 aliphatic heterocycles. The van der Waals surface area contributed by atoms with E-state index in [0.29, 0.717) is 4.88 Å². The van der Waals surface area contributed by atoms with E-state index in [1.807, 2.05) is 27.7 Å². The monoisotopic (exact) mass is 293 g/mol. The van der Waals surface area contributed by atoms with E-state index in [1.165, 1.54) is 11.3 Å². The number of amides is 1. The van der Waals surface area contributed by atoms with Crippen LogP contribution in [-0.4, -0.2) is 27.4 Å². The van der Waals surface area contributed by atoms with Gasteiger partial charge in [-0.2, -0.15) is 0 Å². The summed E-state index contributed by atoms with van der Waals surface area (Å²) in [7, 11) is 0. The number of carbonyl (C=O) groups is 1. The van der Waals surface area contributed by atoms with E-state index in [1.54, 1.807) is 6.20 Å². The number of H-pyrrole nitrogens is 1. The second-order valence-electron chi connectivity index (χ2n) is 4.61. The summed E-state index contributed by atoms with van der Waals surface area (Å²) in [5.41, 5.74) is 1.72. The molecule has 20 heavy (non-hydrogen) atoms. The van der Waals surface area contributed by atoms with Crippen molar-refractivity contribution in [2.24, 2.45) is 0 Å². The second-order valence-corrected chi connectivity index (χ2v) is 5.61. The first-order valence-corrected chi connectivity index (χ1v) is 7.36. The van der Waals surface area contributed by atoms with Crippen molar-refractivity contribution in [3.8, 4) is 0 Å². The maximum atomic E-state index is 12.3. The lowest BCUT2D eigenvalue weighted by Crippen LogP contribution is -2.27. The van der Waals surface area contributed by atoms with E-state index < -0.39 is 0 Å². The van der Waals surface area contributed by atoms with Gasteiger partial charge < -0.3 is 15.6 Å². The van der Waals surface area contributed by atoms with Crippen LogP contribution >= 0.6 is 11.3 Å². The molecule has 0 bridgehead atoms. The van der Waals surface area contributed by atoms with Crippen molar-refractivity contribution < 1.29 is 4.79 Å². The average molecular weight is 293 g/mol. The van der Waals surface area contributed by atoms with Crippen LogP contribution < -0.4 is 10.6 Å². The van der Waals surface area contributed by atoms with Gasteiger partial charge in [0.2, 0.25) is 0 Å². The zero-order valence-corrected chi connectivity index (χ0v) is 12.9. The Morgan fingerprint density at radius 2 is 2.25 bits per heavy atom. The molecule has 2 heterocycles. The molecule has 6 nitrogen and oxygen atoms in total. The van der Waals surface area contributed by atoms with E-state index in [4.69, 9.17) is 0 Å². The van der Waals surface area contributed by atoms with Gasteiger partial charge in [-0.15, -0.1) is 0 Å². The van der Waals surface area contributed by atoms with Gasteiger partial charge >= 0.3 is 0 Å². The van der Waals surface area contributed by atoms with Gasteiger partial charge in [0, 0.05) is 18.4 Å². The number of nitrogens with zero attached hydrogens (tertiary/aromatic N) is 2. The molecule has 0 spiro atoms. The molecule has 0 fully saturated rings. The molecule has 0 saturated carbocycles. The van der Waals surface area contributed by atoms with Crippen LogP contribution in [0.1, 0.15) is 46.8 Å². The topological polar surface area (TPSA) is 82.7 Å². The van der Waals surface area contributed by atoms with Crippen molar-refractivity contribution in [2.45, 2.75) is 33.7 Å². The van der Waals surface area contributed by atoms with Crippen LogP contribution in [0, 0.1) is 13.8 Å². The highest BCUT2D eigenvalue weighted by molar-refractivity contribution is 7.17. The van der Waals surface area contributed by atoms with Crippen LogP contribution in [0.2, 0.25) is 0 Å². The Morgan fingerprint density at radius 3 is 2.85 bits per heavy atom. The molecule has 0 radical (unpaired) electrons. The summed E-state index contributed by atoms with van der Waals surface area (Å²) in [6, 6.07) is -0.166. The molecule has 1 amide bonds. The van der Waals surface area contributed by atoms with Crippen LogP contribution in [0.25, 0.3) is 0 Å². The lowest BCUT2D eigenvalue weighted by molar-refractivity contribution is 0.0941. The first kappa shape index (κ1) is 14.5. The smallest absolute Gasteiger partial charge is 0.263 e. The Hall–Kier alpha value is -1.89. The fourth-order valence-corrected chi connectivity index (χ4v) is 2.75. The molecule has 0 aromatic carbocycles. The standard InChI is InChI=1S/C13H19N5OS/c1-5-14-13-18-8(3)10(20-13)12(19)17-9(4)11-15-6-7(2)16-11/h6,9H,5H2,1-4H3,(H,14,18)(H,15,16)(H,17,19)/t9-/m1/s1. The van der Waals surface area contributed by atoms with Crippen molar-refractivity contribution in [3.05, 3.63) is 28.3 Å². The molecular formula is C13H19N5OS. The highest BCUT2D eigenvalue weighted by Crippen LogP contribution is 2.23. The summed E-state index contributed by atoms with van der Waals surface area (Å²) in [6.45, 7) is 8.46. The number of aromatic amines is 1. The van der Waals surface area contributed by atoms with Gasteiger partial charge in [-0.3, -0.25) is 4.79 Å². The van der Waals surface area contributed by atoms with Gasteiger partial charge in [0.1, 0.15) is 10.7 Å². The van der Waals surface area contributed by atoms with E-state index in [2.05, 4.69) is 25.6 Å². The average Bonchev–Trinajstić information content (AvgIpc) is 2.96. The molecule has 0 saturated heterocycles. The number of aryl methyl sites for hydroxylation is 2. The lowest BCUT2D eigenvalue weighted by Gasteiger charge is -2.10. The van der Waals surface area contributed by atoms with Gasteiger partial charge in [0.25, 0.3) is 5.91 Å². The third kappa shape index (κ3) is 3.16. The summed E-state index contributed by atoms with van der Waals surface area (Å²) in [5, 5.41) is 6.83. The summed E-state index contributed by atoms with van der Waals surface area (Å²) >= 11 is 1.37. The fraction of sp³-hybridized carbons (Fsp3) is 0.462. The molecule has 108 valence electrons. The van der Waals surface area contributed by atoms with E-state index >= 15 is 0 Å². The molecule has 0 aliphatic rings. The number of anilines is 1. The van der Waals surface area contributed by atoms with Gasteiger partial charge in [0.15, 0.2) is 5.13 Å². The number of aromatic nitrogens is 3. The molecule has 2 aromatic rings. The zero-order chi connectivity index (χ0) is 14.7. The van der Waals surface area contributed by atoms with Crippen molar-refractivity contribution in [3.63, 3.8) is 0 Å².